The van der Waals surface area contributed by atoms with Gasteiger partial charge in [-0.05, 0) is 0 Å². The molecular formula is C8H14O4S. The minimum Gasteiger partial charge on any atom is -0.481 e. The molecule has 0 aromatic carbocycles. The lowest BCUT2D eigenvalue weighted by molar-refractivity contribution is -0.141. The minimum absolute atomic E-state index is 0.411. The van der Waals surface area contributed by atoms with Gasteiger partial charge in [-0.25, -0.2) is 0 Å². The van der Waals surface area contributed by atoms with Gasteiger partial charge in [-0.15, -0.1) is 0 Å². The molecule has 0 radical (unpaired) electrons. The molecule has 0 aliphatic rings. The number of carboxylic acids is 2. The quantitative estimate of drug-likeness (QED) is 0.682. The van der Waals surface area contributed by atoms with E-state index in [1.54, 1.807) is 13.8 Å². The zero-order chi connectivity index (χ0) is 10.4. The van der Waals surface area contributed by atoms with Crippen LogP contribution in [0.2, 0.25) is 0 Å². The third-order valence-electron chi connectivity index (χ3n) is 1.58. The standard InChI is InChI=1S/C8H14O4S/c1-5(7(9)10)3-13-4-6(2)8(11)12/h5-6H,3-4H2,1-2H3,(H,9,10)(H,11,12). The van der Waals surface area contributed by atoms with Crippen LogP contribution in [-0.4, -0.2) is 33.7 Å². The van der Waals surface area contributed by atoms with Crippen LogP contribution in [0, 0.1) is 11.8 Å². The summed E-state index contributed by atoms with van der Waals surface area (Å²) in [7, 11) is 0. The molecule has 0 heterocycles. The van der Waals surface area contributed by atoms with Crippen molar-refractivity contribution >= 4 is 23.7 Å². The fraction of sp³-hybridized carbons (Fsp3) is 0.750. The SMILES string of the molecule is CC(CSCC(C)C(=O)O)C(=O)O. The molecule has 2 atom stereocenters. The van der Waals surface area contributed by atoms with Gasteiger partial charge in [0.1, 0.15) is 0 Å². The van der Waals surface area contributed by atoms with E-state index in [1.165, 1.54) is 11.8 Å². The molecule has 0 spiro atoms. The fourth-order valence-electron chi connectivity index (χ4n) is 0.564. The number of hydrogen-bond donors (Lipinski definition) is 2. The van der Waals surface area contributed by atoms with Gasteiger partial charge in [-0.3, -0.25) is 9.59 Å². The Morgan fingerprint density at radius 3 is 1.62 bits per heavy atom. The van der Waals surface area contributed by atoms with Crippen LogP contribution in [0.25, 0.3) is 0 Å². The zero-order valence-electron chi connectivity index (χ0n) is 7.69. The maximum absolute atomic E-state index is 10.4. The lowest BCUT2D eigenvalue weighted by Crippen LogP contribution is -2.16. The Balaban J connectivity index is 3.56. The molecule has 0 bridgehead atoms. The highest BCUT2D eigenvalue weighted by molar-refractivity contribution is 7.99. The summed E-state index contributed by atoms with van der Waals surface area (Å²) >= 11 is 1.36. The molecule has 4 nitrogen and oxygen atoms in total. The van der Waals surface area contributed by atoms with Gasteiger partial charge in [-0.2, -0.15) is 11.8 Å². The summed E-state index contributed by atoms with van der Waals surface area (Å²) < 4.78 is 0. The van der Waals surface area contributed by atoms with E-state index in [2.05, 4.69) is 0 Å². The second-order valence-corrected chi connectivity index (χ2v) is 4.09. The summed E-state index contributed by atoms with van der Waals surface area (Å²) in [5, 5.41) is 17.1. The first kappa shape index (κ1) is 12.3. The van der Waals surface area contributed by atoms with Gasteiger partial charge >= 0.3 is 11.9 Å². The average Bonchev–Trinajstić information content (AvgIpc) is 2.03. The highest BCUT2D eigenvalue weighted by atomic mass is 32.2. The van der Waals surface area contributed by atoms with Crippen molar-refractivity contribution in [3.05, 3.63) is 0 Å². The van der Waals surface area contributed by atoms with Crippen molar-refractivity contribution in [2.24, 2.45) is 11.8 Å². The number of aliphatic carboxylic acids is 2. The smallest absolute Gasteiger partial charge is 0.307 e. The molecule has 0 amide bonds. The van der Waals surface area contributed by atoms with Crippen molar-refractivity contribution in [3.8, 4) is 0 Å². The molecule has 0 aromatic heterocycles. The van der Waals surface area contributed by atoms with Crippen molar-refractivity contribution in [2.45, 2.75) is 13.8 Å². The first-order valence-electron chi connectivity index (χ1n) is 3.98. The van der Waals surface area contributed by atoms with Crippen LogP contribution in [0.1, 0.15) is 13.8 Å². The minimum atomic E-state index is -0.838. The maximum atomic E-state index is 10.4. The molecule has 76 valence electrons. The van der Waals surface area contributed by atoms with Crippen LogP contribution in [0.5, 0.6) is 0 Å². The van der Waals surface area contributed by atoms with Gasteiger partial charge < -0.3 is 10.2 Å². The van der Waals surface area contributed by atoms with E-state index in [1.807, 2.05) is 0 Å². The van der Waals surface area contributed by atoms with Crippen molar-refractivity contribution in [1.29, 1.82) is 0 Å². The summed E-state index contributed by atoms with van der Waals surface area (Å²) in [4.78, 5) is 20.8. The normalized spacial score (nSPS) is 14.9. The molecule has 0 saturated carbocycles. The average molecular weight is 206 g/mol. The number of hydrogen-bond acceptors (Lipinski definition) is 3. The molecule has 2 N–H and O–H groups in total. The summed E-state index contributed by atoms with van der Waals surface area (Å²) in [6.45, 7) is 3.22. The van der Waals surface area contributed by atoms with Crippen LogP contribution in [0.3, 0.4) is 0 Å². The van der Waals surface area contributed by atoms with Crippen LogP contribution in [0.15, 0.2) is 0 Å². The molecule has 0 aliphatic carbocycles. The van der Waals surface area contributed by atoms with E-state index in [-0.39, 0.29) is 0 Å². The van der Waals surface area contributed by atoms with E-state index in [0.717, 1.165) is 0 Å². The largest absolute Gasteiger partial charge is 0.481 e. The highest BCUT2D eigenvalue weighted by Gasteiger charge is 2.14. The van der Waals surface area contributed by atoms with E-state index in [9.17, 15) is 9.59 Å². The molecule has 0 saturated heterocycles. The van der Waals surface area contributed by atoms with Gasteiger partial charge in [0, 0.05) is 11.5 Å². The van der Waals surface area contributed by atoms with Crippen molar-refractivity contribution in [3.63, 3.8) is 0 Å². The Morgan fingerprint density at radius 1 is 1.08 bits per heavy atom. The Bertz CT molecular complexity index is 173. The maximum Gasteiger partial charge on any atom is 0.307 e. The van der Waals surface area contributed by atoms with Gasteiger partial charge in [0.15, 0.2) is 0 Å². The molecule has 5 heteroatoms. The van der Waals surface area contributed by atoms with E-state index >= 15 is 0 Å². The zero-order valence-corrected chi connectivity index (χ0v) is 8.50. The highest BCUT2D eigenvalue weighted by Crippen LogP contribution is 2.12. The summed E-state index contributed by atoms with van der Waals surface area (Å²) in [5.74, 6) is -1.57. The summed E-state index contributed by atoms with van der Waals surface area (Å²) in [6.07, 6.45) is 0. The predicted octanol–water partition coefficient (Wildman–Crippen LogP) is 1.16. The summed E-state index contributed by atoms with van der Waals surface area (Å²) in [5.41, 5.74) is 0. The van der Waals surface area contributed by atoms with E-state index in [0.29, 0.717) is 11.5 Å². The Hall–Kier alpha value is -0.710. The molecule has 13 heavy (non-hydrogen) atoms. The molecule has 0 rings (SSSR count). The van der Waals surface area contributed by atoms with Crippen LogP contribution < -0.4 is 0 Å². The van der Waals surface area contributed by atoms with Crippen LogP contribution in [-0.2, 0) is 9.59 Å². The number of carbonyl (C=O) groups is 2. The van der Waals surface area contributed by atoms with Crippen molar-refractivity contribution < 1.29 is 19.8 Å². The van der Waals surface area contributed by atoms with Gasteiger partial charge in [0.2, 0.25) is 0 Å². The van der Waals surface area contributed by atoms with Gasteiger partial charge in [-0.1, -0.05) is 13.8 Å². The second kappa shape index (κ2) is 5.85. The molecule has 0 fully saturated rings. The second-order valence-electron chi connectivity index (χ2n) is 3.02. The van der Waals surface area contributed by atoms with Crippen molar-refractivity contribution in [2.75, 3.05) is 11.5 Å². The lowest BCUT2D eigenvalue weighted by Gasteiger charge is -2.07. The Labute approximate surface area is 81.3 Å². The number of rotatable bonds is 6. The predicted molar refractivity (Wildman–Crippen MR) is 50.9 cm³/mol. The van der Waals surface area contributed by atoms with Gasteiger partial charge in [0.25, 0.3) is 0 Å². The lowest BCUT2D eigenvalue weighted by atomic mass is 10.2. The molecular weight excluding hydrogens is 192 g/mol. The first-order chi connectivity index (χ1) is 5.95. The van der Waals surface area contributed by atoms with E-state index in [4.69, 9.17) is 10.2 Å². The van der Waals surface area contributed by atoms with Crippen LogP contribution in [0.4, 0.5) is 0 Å². The molecule has 0 aliphatic heterocycles. The fourth-order valence-corrected chi connectivity index (χ4v) is 1.69. The van der Waals surface area contributed by atoms with E-state index < -0.39 is 23.8 Å². The number of carboxylic acid groups (broad SMARTS) is 2. The van der Waals surface area contributed by atoms with Crippen molar-refractivity contribution in [1.82, 2.24) is 0 Å². The third kappa shape index (κ3) is 5.52. The first-order valence-corrected chi connectivity index (χ1v) is 5.14. The molecule has 0 aromatic rings. The molecule has 2 unspecified atom stereocenters. The Morgan fingerprint density at radius 2 is 1.38 bits per heavy atom. The summed E-state index contributed by atoms with van der Waals surface area (Å²) in [6, 6.07) is 0. The topological polar surface area (TPSA) is 74.6 Å². The van der Waals surface area contributed by atoms with Crippen LogP contribution >= 0.6 is 11.8 Å². The third-order valence-corrected chi connectivity index (χ3v) is 3.05. The van der Waals surface area contributed by atoms with Gasteiger partial charge in [0.05, 0.1) is 11.8 Å². The number of thioether (sulfide) groups is 1. The Kier molecular flexibility index (Phi) is 5.53. The monoisotopic (exact) mass is 206 g/mol.